The van der Waals surface area contributed by atoms with Crippen molar-refractivity contribution in [2.45, 2.75) is 30.2 Å². The first-order valence-corrected chi connectivity index (χ1v) is 12.4. The molecule has 1 saturated heterocycles. The molecule has 0 radical (unpaired) electrons. The van der Waals surface area contributed by atoms with Gasteiger partial charge in [0.2, 0.25) is 0 Å². The number of benzene rings is 3. The van der Waals surface area contributed by atoms with Gasteiger partial charge in [0.05, 0.1) is 10.4 Å². The van der Waals surface area contributed by atoms with Gasteiger partial charge in [-0.25, -0.2) is 16.8 Å². The molecule has 3 heterocycles. The standard InChI is InChI=1S/C26H23FN2O2S/c27-21-8-10-26-24(16-21)25(20-11-13-28-12-3-6-22(28)14-20)17-29(26)32(30,31)23-9-7-18-4-1-2-5-19(18)15-23/h1-2,4-5,7-11,15-17,22H,3,6,12-14H2/t22-/m1/s1. The van der Waals surface area contributed by atoms with Gasteiger partial charge in [-0.3, -0.25) is 4.90 Å². The van der Waals surface area contributed by atoms with E-state index in [1.165, 1.54) is 22.5 Å². The van der Waals surface area contributed by atoms with Gasteiger partial charge in [0, 0.05) is 29.7 Å². The summed E-state index contributed by atoms with van der Waals surface area (Å²) in [7, 11) is -3.85. The summed E-state index contributed by atoms with van der Waals surface area (Å²) in [4.78, 5) is 2.69. The molecule has 162 valence electrons. The van der Waals surface area contributed by atoms with E-state index in [1.807, 2.05) is 30.3 Å². The van der Waals surface area contributed by atoms with E-state index in [2.05, 4.69) is 11.0 Å². The second kappa shape index (κ2) is 7.29. The topological polar surface area (TPSA) is 42.3 Å². The van der Waals surface area contributed by atoms with Crippen LogP contribution in [0.3, 0.4) is 0 Å². The molecular formula is C26H23FN2O2S. The molecular weight excluding hydrogens is 423 g/mol. The van der Waals surface area contributed by atoms with Gasteiger partial charge in [-0.1, -0.05) is 36.4 Å². The third kappa shape index (κ3) is 3.09. The summed E-state index contributed by atoms with van der Waals surface area (Å²) < 4.78 is 42.9. The van der Waals surface area contributed by atoms with Gasteiger partial charge in [-0.2, -0.15) is 0 Å². The smallest absolute Gasteiger partial charge is 0.268 e. The van der Waals surface area contributed by atoms with Crippen LogP contribution in [0.5, 0.6) is 0 Å². The number of hydrogen-bond acceptors (Lipinski definition) is 3. The van der Waals surface area contributed by atoms with Gasteiger partial charge in [-0.15, -0.1) is 0 Å². The second-order valence-electron chi connectivity index (χ2n) is 8.74. The van der Waals surface area contributed by atoms with Gasteiger partial charge >= 0.3 is 0 Å². The van der Waals surface area contributed by atoms with E-state index >= 15 is 0 Å². The van der Waals surface area contributed by atoms with Gasteiger partial charge in [0.25, 0.3) is 10.0 Å². The highest BCUT2D eigenvalue weighted by atomic mass is 32.2. The Morgan fingerprint density at radius 2 is 1.81 bits per heavy atom. The maximum absolute atomic E-state index is 14.2. The van der Waals surface area contributed by atoms with Crippen LogP contribution in [0.1, 0.15) is 24.8 Å². The lowest BCUT2D eigenvalue weighted by molar-refractivity contribution is 0.275. The maximum Gasteiger partial charge on any atom is 0.268 e. The first-order valence-electron chi connectivity index (χ1n) is 11.0. The van der Waals surface area contributed by atoms with E-state index in [1.54, 1.807) is 24.4 Å². The monoisotopic (exact) mass is 446 g/mol. The Hall–Kier alpha value is -2.96. The van der Waals surface area contributed by atoms with Crippen molar-refractivity contribution in [2.75, 3.05) is 13.1 Å². The fourth-order valence-corrected chi connectivity index (χ4v) is 6.63. The number of halogens is 1. The Labute approximate surface area is 186 Å². The van der Waals surface area contributed by atoms with E-state index < -0.39 is 10.0 Å². The summed E-state index contributed by atoms with van der Waals surface area (Å²) in [5.74, 6) is -0.362. The Morgan fingerprint density at radius 1 is 0.969 bits per heavy atom. The average Bonchev–Trinajstić information content (AvgIpc) is 3.42. The Bertz CT molecular complexity index is 1500. The molecule has 1 aromatic heterocycles. The minimum absolute atomic E-state index is 0.226. The number of aromatic nitrogens is 1. The molecule has 6 rings (SSSR count). The zero-order valence-corrected chi connectivity index (χ0v) is 18.4. The maximum atomic E-state index is 14.2. The molecule has 1 fully saturated rings. The van der Waals surface area contributed by atoms with Crippen LogP contribution < -0.4 is 0 Å². The molecule has 0 unspecified atom stereocenters. The van der Waals surface area contributed by atoms with Gasteiger partial charge in [-0.05, 0) is 72.5 Å². The van der Waals surface area contributed by atoms with Crippen molar-refractivity contribution in [3.8, 4) is 0 Å². The van der Waals surface area contributed by atoms with Crippen molar-refractivity contribution in [2.24, 2.45) is 0 Å². The van der Waals surface area contributed by atoms with Crippen LogP contribution in [0, 0.1) is 5.82 Å². The molecule has 0 bridgehead atoms. The quantitative estimate of drug-likeness (QED) is 0.422. The Balaban J connectivity index is 1.52. The summed E-state index contributed by atoms with van der Waals surface area (Å²) in [6.45, 7) is 1.97. The zero-order valence-electron chi connectivity index (χ0n) is 17.5. The number of hydrogen-bond donors (Lipinski definition) is 0. The number of fused-ring (bicyclic) bond motifs is 3. The predicted octanol–water partition coefficient (Wildman–Crippen LogP) is 5.42. The van der Waals surface area contributed by atoms with Crippen LogP contribution in [0.15, 0.2) is 77.8 Å². The summed E-state index contributed by atoms with van der Waals surface area (Å²) in [6.07, 6.45) is 7.07. The first-order chi connectivity index (χ1) is 15.5. The molecule has 4 nitrogen and oxygen atoms in total. The Morgan fingerprint density at radius 3 is 2.69 bits per heavy atom. The van der Waals surface area contributed by atoms with Crippen LogP contribution >= 0.6 is 0 Å². The van der Waals surface area contributed by atoms with Gasteiger partial charge in [0.15, 0.2) is 0 Å². The van der Waals surface area contributed by atoms with Crippen LogP contribution in [-0.4, -0.2) is 36.4 Å². The highest BCUT2D eigenvalue weighted by Crippen LogP contribution is 2.37. The predicted molar refractivity (Wildman–Crippen MR) is 126 cm³/mol. The lowest BCUT2D eigenvalue weighted by Gasteiger charge is -2.29. The van der Waals surface area contributed by atoms with Crippen molar-refractivity contribution in [1.29, 1.82) is 0 Å². The molecule has 32 heavy (non-hydrogen) atoms. The van der Waals surface area contributed by atoms with Crippen LogP contribution in [0.2, 0.25) is 0 Å². The van der Waals surface area contributed by atoms with E-state index in [-0.39, 0.29) is 10.7 Å². The van der Waals surface area contributed by atoms with Crippen molar-refractivity contribution >= 4 is 37.3 Å². The minimum Gasteiger partial charge on any atom is -0.296 e. The average molecular weight is 447 g/mol. The molecule has 6 heteroatoms. The largest absolute Gasteiger partial charge is 0.296 e. The molecule has 0 N–H and O–H groups in total. The van der Waals surface area contributed by atoms with Crippen molar-refractivity contribution in [1.82, 2.24) is 8.87 Å². The summed E-state index contributed by atoms with van der Waals surface area (Å²) in [5.41, 5.74) is 2.43. The van der Waals surface area contributed by atoms with Gasteiger partial charge in [0.1, 0.15) is 5.82 Å². The molecule has 2 aliphatic rings. The summed E-state index contributed by atoms with van der Waals surface area (Å²) in [6, 6.07) is 17.7. The van der Waals surface area contributed by atoms with Crippen LogP contribution in [0.4, 0.5) is 4.39 Å². The molecule has 0 spiro atoms. The Kier molecular flexibility index (Phi) is 4.49. The first kappa shape index (κ1) is 19.7. The van der Waals surface area contributed by atoms with E-state index in [0.717, 1.165) is 47.8 Å². The van der Waals surface area contributed by atoms with E-state index in [4.69, 9.17) is 0 Å². The highest BCUT2D eigenvalue weighted by molar-refractivity contribution is 7.90. The van der Waals surface area contributed by atoms with Crippen molar-refractivity contribution in [3.05, 3.63) is 84.3 Å². The normalized spacial score (nSPS) is 19.4. The number of nitrogens with zero attached hydrogens (tertiary/aromatic N) is 2. The molecule has 4 aromatic rings. The summed E-state index contributed by atoms with van der Waals surface area (Å²) in [5, 5.41) is 2.50. The minimum atomic E-state index is -3.85. The highest BCUT2D eigenvalue weighted by Gasteiger charge is 2.30. The van der Waals surface area contributed by atoms with Crippen LogP contribution in [-0.2, 0) is 10.0 Å². The SMILES string of the molecule is O=S(=O)(c1ccc2ccccc2c1)n1cc(C2=CCN3CCC[C@@H]3C2)c2cc(F)ccc21. The molecule has 0 aliphatic carbocycles. The van der Waals surface area contributed by atoms with Crippen LogP contribution in [0.25, 0.3) is 27.2 Å². The van der Waals surface area contributed by atoms with Crippen molar-refractivity contribution < 1.29 is 12.8 Å². The fourth-order valence-electron chi connectivity index (χ4n) is 5.22. The number of rotatable bonds is 3. The van der Waals surface area contributed by atoms with Gasteiger partial charge < -0.3 is 0 Å². The third-order valence-electron chi connectivity index (χ3n) is 6.88. The molecule has 0 amide bonds. The molecule has 3 aromatic carbocycles. The van der Waals surface area contributed by atoms with E-state index in [9.17, 15) is 12.8 Å². The molecule has 0 saturated carbocycles. The zero-order chi connectivity index (χ0) is 21.9. The summed E-state index contributed by atoms with van der Waals surface area (Å²) >= 11 is 0. The molecule has 2 aliphatic heterocycles. The van der Waals surface area contributed by atoms with Crippen molar-refractivity contribution in [3.63, 3.8) is 0 Å². The lowest BCUT2D eigenvalue weighted by Crippen LogP contribution is -2.32. The molecule has 1 atom stereocenters. The fraction of sp³-hybridized carbons (Fsp3) is 0.231. The third-order valence-corrected chi connectivity index (χ3v) is 8.55. The second-order valence-corrected chi connectivity index (χ2v) is 10.6. The lowest BCUT2D eigenvalue weighted by atomic mass is 9.94. The van der Waals surface area contributed by atoms with E-state index in [0.29, 0.717) is 16.9 Å².